The van der Waals surface area contributed by atoms with Crippen LogP contribution in [-0.2, 0) is 0 Å². The molecule has 4 nitrogen and oxygen atoms in total. The highest BCUT2D eigenvalue weighted by molar-refractivity contribution is 5.90. The molecule has 0 bridgehead atoms. The second-order valence-electron chi connectivity index (χ2n) is 7.00. The number of phenolic OH excluding ortho intramolecular Hbond substituents is 1. The molecule has 1 unspecified atom stereocenters. The molecule has 1 aliphatic rings. The summed E-state index contributed by atoms with van der Waals surface area (Å²) >= 11 is 0. The standard InChI is InChI=1S/C24H24N2O2/c1-4-28-20-11-12-22-17(15-20)7-9-19(26(22)3)10-8-18-14-16(2)21-6-5-13-25-23(21)24(18)27/h5-15,19,27H,4H2,1-3H3/b10-8+. The smallest absolute Gasteiger partial charge is 0.149 e. The van der Waals surface area contributed by atoms with E-state index >= 15 is 0 Å². The number of rotatable bonds is 4. The number of anilines is 1. The first-order chi connectivity index (χ1) is 13.6. The monoisotopic (exact) mass is 372 g/mol. The van der Waals surface area contributed by atoms with Crippen LogP contribution < -0.4 is 9.64 Å². The van der Waals surface area contributed by atoms with Gasteiger partial charge in [-0.1, -0.05) is 30.4 Å². The molecule has 28 heavy (non-hydrogen) atoms. The lowest BCUT2D eigenvalue weighted by atomic mass is 10.0. The van der Waals surface area contributed by atoms with Crippen LogP contribution >= 0.6 is 0 Å². The minimum Gasteiger partial charge on any atom is -0.505 e. The van der Waals surface area contributed by atoms with Gasteiger partial charge in [-0.05, 0) is 49.7 Å². The van der Waals surface area contributed by atoms with Crippen molar-refractivity contribution in [1.82, 2.24) is 4.98 Å². The molecule has 0 spiro atoms. The maximum atomic E-state index is 10.6. The highest BCUT2D eigenvalue weighted by Crippen LogP contribution is 2.33. The SMILES string of the molecule is CCOc1ccc2c(c1)C=CC(/C=C/c1cc(C)c3cccnc3c1O)N2C. The molecule has 4 rings (SSSR count). The third kappa shape index (κ3) is 3.22. The van der Waals surface area contributed by atoms with E-state index in [4.69, 9.17) is 4.74 Å². The van der Waals surface area contributed by atoms with Gasteiger partial charge >= 0.3 is 0 Å². The normalized spacial score (nSPS) is 16.0. The Hall–Kier alpha value is -3.27. The lowest BCUT2D eigenvalue weighted by Gasteiger charge is -2.30. The van der Waals surface area contributed by atoms with Crippen LogP contribution in [0.5, 0.6) is 11.5 Å². The topological polar surface area (TPSA) is 45.6 Å². The predicted octanol–water partition coefficient (Wildman–Crippen LogP) is 5.19. The van der Waals surface area contributed by atoms with Crippen molar-refractivity contribution in [2.75, 3.05) is 18.6 Å². The summed E-state index contributed by atoms with van der Waals surface area (Å²) in [5.41, 5.74) is 4.82. The number of hydrogen-bond acceptors (Lipinski definition) is 4. The van der Waals surface area contributed by atoms with Crippen LogP contribution in [0.4, 0.5) is 5.69 Å². The van der Waals surface area contributed by atoms with E-state index in [1.165, 1.54) is 0 Å². The van der Waals surface area contributed by atoms with Gasteiger partial charge in [-0.25, -0.2) is 0 Å². The summed E-state index contributed by atoms with van der Waals surface area (Å²) in [7, 11) is 2.07. The Labute approximate surface area is 165 Å². The van der Waals surface area contributed by atoms with E-state index in [9.17, 15) is 5.11 Å². The molecular weight excluding hydrogens is 348 g/mol. The number of nitrogens with zero attached hydrogens (tertiary/aromatic N) is 2. The van der Waals surface area contributed by atoms with Crippen molar-refractivity contribution in [3.05, 3.63) is 71.4 Å². The summed E-state index contributed by atoms with van der Waals surface area (Å²) in [6.07, 6.45) is 10.1. The third-order valence-electron chi connectivity index (χ3n) is 5.19. The van der Waals surface area contributed by atoms with Crippen LogP contribution in [0.1, 0.15) is 23.6 Å². The Bertz CT molecular complexity index is 1090. The Morgan fingerprint density at radius 3 is 2.93 bits per heavy atom. The van der Waals surface area contributed by atoms with Gasteiger partial charge in [-0.2, -0.15) is 0 Å². The van der Waals surface area contributed by atoms with Crippen molar-refractivity contribution < 1.29 is 9.84 Å². The molecule has 4 heteroatoms. The van der Waals surface area contributed by atoms with E-state index in [1.807, 2.05) is 44.2 Å². The minimum absolute atomic E-state index is 0.101. The average molecular weight is 372 g/mol. The van der Waals surface area contributed by atoms with Crippen LogP contribution in [0, 0.1) is 6.92 Å². The van der Waals surface area contributed by atoms with Crippen LogP contribution in [0.15, 0.2) is 54.7 Å². The van der Waals surface area contributed by atoms with E-state index in [0.29, 0.717) is 12.1 Å². The lowest BCUT2D eigenvalue weighted by molar-refractivity contribution is 0.340. The summed E-state index contributed by atoms with van der Waals surface area (Å²) < 4.78 is 5.60. The number of aryl methyl sites for hydroxylation is 1. The Kier molecular flexibility index (Phi) is 4.78. The number of pyridine rings is 1. The molecule has 1 aliphatic heterocycles. The molecule has 0 saturated carbocycles. The molecule has 1 aromatic heterocycles. The van der Waals surface area contributed by atoms with Crippen LogP contribution in [0.3, 0.4) is 0 Å². The Morgan fingerprint density at radius 2 is 2.11 bits per heavy atom. The highest BCUT2D eigenvalue weighted by Gasteiger charge is 2.18. The van der Waals surface area contributed by atoms with Crippen molar-refractivity contribution >= 4 is 28.7 Å². The molecule has 1 atom stereocenters. The summed E-state index contributed by atoms with van der Waals surface area (Å²) in [5.74, 6) is 1.11. The molecule has 0 fully saturated rings. The van der Waals surface area contributed by atoms with Crippen LogP contribution in [0.25, 0.3) is 23.1 Å². The summed E-state index contributed by atoms with van der Waals surface area (Å²) in [6, 6.07) is 12.1. The van der Waals surface area contributed by atoms with Crippen molar-refractivity contribution in [2.24, 2.45) is 0 Å². The zero-order valence-electron chi connectivity index (χ0n) is 16.4. The number of ether oxygens (including phenoxy) is 1. The Morgan fingerprint density at radius 1 is 1.25 bits per heavy atom. The van der Waals surface area contributed by atoms with Crippen molar-refractivity contribution in [3.63, 3.8) is 0 Å². The molecule has 0 amide bonds. The third-order valence-corrected chi connectivity index (χ3v) is 5.19. The maximum Gasteiger partial charge on any atom is 0.149 e. The van der Waals surface area contributed by atoms with Gasteiger partial charge < -0.3 is 14.7 Å². The molecule has 0 radical (unpaired) electrons. The predicted molar refractivity (Wildman–Crippen MR) is 116 cm³/mol. The van der Waals surface area contributed by atoms with E-state index in [-0.39, 0.29) is 11.8 Å². The summed E-state index contributed by atoms with van der Waals surface area (Å²) in [6.45, 7) is 4.69. The number of fused-ring (bicyclic) bond motifs is 2. The Balaban J connectivity index is 1.63. The molecule has 3 aromatic rings. The highest BCUT2D eigenvalue weighted by atomic mass is 16.5. The molecule has 2 aromatic carbocycles. The van der Waals surface area contributed by atoms with Crippen molar-refractivity contribution in [2.45, 2.75) is 19.9 Å². The van der Waals surface area contributed by atoms with Gasteiger partial charge in [0.05, 0.1) is 12.6 Å². The van der Waals surface area contributed by atoms with E-state index < -0.39 is 0 Å². The number of aromatic nitrogens is 1. The zero-order valence-corrected chi connectivity index (χ0v) is 16.4. The number of hydrogen-bond donors (Lipinski definition) is 1. The van der Waals surface area contributed by atoms with Crippen molar-refractivity contribution in [1.29, 1.82) is 0 Å². The summed E-state index contributed by atoms with van der Waals surface area (Å²) in [4.78, 5) is 6.56. The average Bonchev–Trinajstić information content (AvgIpc) is 2.71. The molecule has 1 N–H and O–H groups in total. The number of phenols is 1. The maximum absolute atomic E-state index is 10.6. The first-order valence-corrected chi connectivity index (χ1v) is 9.52. The molecule has 142 valence electrons. The summed E-state index contributed by atoms with van der Waals surface area (Å²) in [5, 5.41) is 11.6. The van der Waals surface area contributed by atoms with Gasteiger partial charge in [-0.3, -0.25) is 4.98 Å². The minimum atomic E-state index is 0.101. The van der Waals surface area contributed by atoms with E-state index in [2.05, 4.69) is 47.3 Å². The fraction of sp³-hybridized carbons (Fsp3) is 0.208. The fourth-order valence-corrected chi connectivity index (χ4v) is 3.69. The van der Waals surface area contributed by atoms with Gasteiger partial charge in [0.2, 0.25) is 0 Å². The lowest BCUT2D eigenvalue weighted by Crippen LogP contribution is -2.30. The number of likely N-dealkylation sites (N-methyl/N-ethyl adjacent to an activating group) is 1. The molecule has 2 heterocycles. The molecule has 0 saturated heterocycles. The van der Waals surface area contributed by atoms with Crippen LogP contribution in [0.2, 0.25) is 0 Å². The molecule has 0 aliphatic carbocycles. The van der Waals surface area contributed by atoms with Gasteiger partial charge in [0, 0.05) is 35.4 Å². The second-order valence-corrected chi connectivity index (χ2v) is 7.00. The number of benzene rings is 2. The van der Waals surface area contributed by atoms with Crippen LogP contribution in [-0.4, -0.2) is 29.8 Å². The largest absolute Gasteiger partial charge is 0.505 e. The zero-order chi connectivity index (χ0) is 19.7. The van der Waals surface area contributed by atoms with Gasteiger partial charge in [0.15, 0.2) is 0 Å². The first-order valence-electron chi connectivity index (χ1n) is 9.52. The fourth-order valence-electron chi connectivity index (χ4n) is 3.69. The molecular formula is C24H24N2O2. The van der Waals surface area contributed by atoms with Gasteiger partial charge in [0.1, 0.15) is 17.0 Å². The second kappa shape index (κ2) is 7.39. The quantitative estimate of drug-likeness (QED) is 0.684. The van der Waals surface area contributed by atoms with Gasteiger partial charge in [0.25, 0.3) is 0 Å². The van der Waals surface area contributed by atoms with Gasteiger partial charge in [-0.15, -0.1) is 0 Å². The van der Waals surface area contributed by atoms with E-state index in [1.54, 1.807) is 6.20 Å². The number of aromatic hydroxyl groups is 1. The van der Waals surface area contributed by atoms with E-state index in [0.717, 1.165) is 33.5 Å². The van der Waals surface area contributed by atoms with Crippen molar-refractivity contribution in [3.8, 4) is 11.5 Å². The first kappa shape index (κ1) is 18.1.